The van der Waals surface area contributed by atoms with Crippen LogP contribution in [-0.2, 0) is 42.0 Å². The van der Waals surface area contributed by atoms with E-state index in [0.29, 0.717) is 23.1 Å². The third-order valence-corrected chi connectivity index (χ3v) is 15.2. The number of halogens is 9. The summed E-state index contributed by atoms with van der Waals surface area (Å²) in [5, 5.41) is -2.37. The van der Waals surface area contributed by atoms with E-state index in [9.17, 15) is 70.8 Å². The van der Waals surface area contributed by atoms with Crippen LogP contribution in [0.3, 0.4) is 0 Å². The maximum absolute atomic E-state index is 13.9. The first-order valence-corrected chi connectivity index (χ1v) is 25.7. The molecule has 3 atom stereocenters. The van der Waals surface area contributed by atoms with E-state index in [0.717, 1.165) is 86.1 Å². The Morgan fingerprint density at radius 1 is 0.690 bits per heavy atom. The third kappa shape index (κ3) is 14.1. The van der Waals surface area contributed by atoms with E-state index in [-0.39, 0.29) is 29.2 Å². The lowest BCUT2D eigenvalue weighted by atomic mass is 9.89. The molecule has 0 aliphatic heterocycles. The van der Waals surface area contributed by atoms with Crippen LogP contribution < -0.4 is 8.92 Å². The van der Waals surface area contributed by atoms with E-state index in [2.05, 4.69) is 31.0 Å². The number of rotatable bonds is 18. The Bertz CT molecular complexity index is 2610. The standard InChI is InChI=1S/C24H22F6O7S2.C13H17F3O.C13H24O2/c1-3-15(2)17-6-7-19-13-21(11-8-18(19)12-17)36-14-16-4-9-20(10-5-16)37-39(34,35)24(29,30)22(25,26)23(27,28)38(31,32)33;1-4-9(2)10-5-7-11(8-6-10)12(3,17)13(14,15)16;1-5-12(3,4)11(14)15-13(6-2)9-7-8-10-13/h4-13,15H,3,14H2,1-2H3,(H,31,32,33);5-9,17H,4H2,1-3H3;5-10H2,1-4H3/p-1. The van der Waals surface area contributed by atoms with Crippen LogP contribution in [-0.4, -0.2) is 60.7 Å². The second-order valence-corrected chi connectivity index (χ2v) is 21.5. The van der Waals surface area contributed by atoms with Gasteiger partial charge in [-0.1, -0.05) is 102 Å². The van der Waals surface area contributed by atoms with Crippen molar-refractivity contribution in [2.75, 3.05) is 0 Å². The summed E-state index contributed by atoms with van der Waals surface area (Å²) in [7, 11) is -14.3. The molecule has 398 valence electrons. The van der Waals surface area contributed by atoms with Crippen LogP contribution in [0.5, 0.6) is 11.5 Å². The van der Waals surface area contributed by atoms with Gasteiger partial charge in [-0.15, -0.1) is 0 Å². The first kappa shape index (κ1) is 60.7. The zero-order valence-electron chi connectivity index (χ0n) is 40.9. The molecule has 0 spiro atoms. The predicted molar refractivity (Wildman–Crippen MR) is 250 cm³/mol. The third-order valence-electron chi connectivity index (χ3n) is 13.0. The summed E-state index contributed by atoms with van der Waals surface area (Å²) in [5.74, 6) is -6.98. The van der Waals surface area contributed by atoms with Crippen molar-refractivity contribution in [2.45, 2.75) is 166 Å². The zero-order chi connectivity index (χ0) is 54.2. The minimum absolute atomic E-state index is 0.0197. The Labute approximate surface area is 410 Å². The van der Waals surface area contributed by atoms with Crippen molar-refractivity contribution in [1.82, 2.24) is 0 Å². The lowest BCUT2D eigenvalue weighted by molar-refractivity contribution is -0.258. The number of esters is 1. The normalized spacial score (nSPS) is 16.3. The van der Waals surface area contributed by atoms with Gasteiger partial charge in [0, 0.05) is 0 Å². The van der Waals surface area contributed by atoms with Crippen LogP contribution in [0.25, 0.3) is 10.8 Å². The molecule has 1 aliphatic rings. The summed E-state index contributed by atoms with van der Waals surface area (Å²) in [6, 6.07) is 21.1. The highest BCUT2D eigenvalue weighted by atomic mass is 32.2. The first-order chi connectivity index (χ1) is 32.5. The van der Waals surface area contributed by atoms with Gasteiger partial charge in [0.2, 0.25) is 0 Å². The van der Waals surface area contributed by atoms with Gasteiger partial charge >= 0.3 is 38.7 Å². The largest absolute Gasteiger partial charge is 0.743 e. The van der Waals surface area contributed by atoms with Gasteiger partial charge in [0.1, 0.15) is 23.7 Å². The molecule has 0 aromatic heterocycles. The van der Waals surface area contributed by atoms with Crippen LogP contribution in [0.1, 0.15) is 148 Å². The van der Waals surface area contributed by atoms with E-state index in [4.69, 9.17) is 9.47 Å². The highest BCUT2D eigenvalue weighted by Crippen LogP contribution is 2.51. The number of carbonyl (C=O) groups is 1. The van der Waals surface area contributed by atoms with Crippen molar-refractivity contribution in [2.24, 2.45) is 5.41 Å². The minimum Gasteiger partial charge on any atom is -0.743 e. The summed E-state index contributed by atoms with van der Waals surface area (Å²) < 4.78 is 189. The SMILES string of the molecule is CCC(C)c1ccc(C(C)(O)C(F)(F)F)cc1.CCC(C)c1ccc2cc(OCc3ccc(OS(=O)(=O)C(F)(F)C(F)(F)C(F)(F)S(=O)(=O)[O-])cc3)ccc2c1.CCC1(OC(=O)C(C)(C)CC)CCCC1. The van der Waals surface area contributed by atoms with Crippen molar-refractivity contribution >= 4 is 37.0 Å². The molecule has 0 saturated heterocycles. The maximum atomic E-state index is 13.9. The molecule has 0 amide bonds. The molecule has 0 bridgehead atoms. The average Bonchev–Trinajstić information content (AvgIpc) is 3.78. The zero-order valence-corrected chi connectivity index (χ0v) is 42.6. The lowest BCUT2D eigenvalue weighted by Crippen LogP contribution is -2.61. The van der Waals surface area contributed by atoms with Gasteiger partial charge in [-0.25, -0.2) is 8.42 Å². The molecular formula is C50H62F9O10S2-. The van der Waals surface area contributed by atoms with E-state index in [1.165, 1.54) is 30.5 Å². The Balaban J connectivity index is 0.000000340. The van der Waals surface area contributed by atoms with Gasteiger partial charge in [-0.05, 0) is 141 Å². The molecule has 1 aliphatic carbocycles. The Hall–Kier alpha value is -4.60. The second-order valence-electron chi connectivity index (χ2n) is 18.5. The molecule has 5 rings (SSSR count). The monoisotopic (exact) mass is 1060 g/mol. The number of ether oxygens (including phenoxy) is 2. The Morgan fingerprint density at radius 3 is 1.65 bits per heavy atom. The highest BCUT2D eigenvalue weighted by molar-refractivity contribution is 7.88. The first-order valence-electron chi connectivity index (χ1n) is 22.9. The Morgan fingerprint density at radius 2 is 1.17 bits per heavy atom. The molecule has 4 aromatic carbocycles. The Kier molecular flexibility index (Phi) is 19.7. The molecule has 21 heteroatoms. The van der Waals surface area contributed by atoms with Crippen molar-refractivity contribution in [3.63, 3.8) is 0 Å². The molecule has 0 radical (unpaired) electrons. The molecule has 1 fully saturated rings. The van der Waals surface area contributed by atoms with Crippen molar-refractivity contribution in [3.05, 3.63) is 107 Å². The molecular weight excluding hydrogens is 996 g/mol. The van der Waals surface area contributed by atoms with Gasteiger partial charge in [-0.2, -0.15) is 47.9 Å². The van der Waals surface area contributed by atoms with E-state index < -0.39 is 54.2 Å². The number of fused-ring (bicyclic) bond motifs is 1. The highest BCUT2D eigenvalue weighted by Gasteiger charge is 2.81. The summed E-state index contributed by atoms with van der Waals surface area (Å²) in [4.78, 5) is 12.0. The number of hydrogen-bond acceptors (Lipinski definition) is 10. The predicted octanol–water partition coefficient (Wildman–Crippen LogP) is 13.7. The quantitative estimate of drug-likeness (QED) is 0.0440. The topological polar surface area (TPSA) is 156 Å². The molecule has 10 nitrogen and oxygen atoms in total. The van der Waals surface area contributed by atoms with E-state index in [1.807, 2.05) is 52.8 Å². The van der Waals surface area contributed by atoms with Crippen LogP contribution >= 0.6 is 0 Å². The fraction of sp³-hybridized carbons (Fsp3) is 0.540. The molecule has 71 heavy (non-hydrogen) atoms. The van der Waals surface area contributed by atoms with Crippen molar-refractivity contribution < 1.29 is 84.5 Å². The van der Waals surface area contributed by atoms with Gasteiger partial charge in [-0.3, -0.25) is 4.79 Å². The van der Waals surface area contributed by atoms with Crippen LogP contribution in [0.4, 0.5) is 39.5 Å². The van der Waals surface area contributed by atoms with Gasteiger partial charge in [0.25, 0.3) is 0 Å². The molecule has 1 saturated carbocycles. The summed E-state index contributed by atoms with van der Waals surface area (Å²) in [6.07, 6.45) is 3.55. The number of alkyl halides is 9. The van der Waals surface area contributed by atoms with Gasteiger partial charge < -0.3 is 23.3 Å². The number of carbonyl (C=O) groups excluding carboxylic acids is 1. The van der Waals surface area contributed by atoms with Crippen LogP contribution in [0.2, 0.25) is 0 Å². The maximum Gasteiger partial charge on any atom is 0.450 e. The number of benzene rings is 4. The average molecular weight is 1060 g/mol. The summed E-state index contributed by atoms with van der Waals surface area (Å²) in [6.45, 7) is 17.0. The lowest BCUT2D eigenvalue weighted by Gasteiger charge is -2.32. The minimum atomic E-state index is -7.38. The number of aliphatic hydroxyl groups is 1. The summed E-state index contributed by atoms with van der Waals surface area (Å²) in [5.41, 5.74) is -0.858. The van der Waals surface area contributed by atoms with Crippen molar-refractivity contribution in [1.29, 1.82) is 0 Å². The van der Waals surface area contributed by atoms with Crippen LogP contribution in [0, 0.1) is 5.41 Å². The van der Waals surface area contributed by atoms with Crippen molar-refractivity contribution in [3.8, 4) is 11.5 Å². The van der Waals surface area contributed by atoms with E-state index >= 15 is 0 Å². The molecule has 1 N–H and O–H groups in total. The summed E-state index contributed by atoms with van der Waals surface area (Å²) >= 11 is 0. The molecule has 3 unspecified atom stereocenters. The van der Waals surface area contributed by atoms with Gasteiger partial charge in [0.15, 0.2) is 15.7 Å². The fourth-order valence-electron chi connectivity index (χ4n) is 6.91. The number of hydrogen-bond donors (Lipinski definition) is 1. The van der Waals surface area contributed by atoms with E-state index in [1.54, 1.807) is 24.3 Å². The molecule has 0 heterocycles. The van der Waals surface area contributed by atoms with Crippen LogP contribution in [0.15, 0.2) is 84.9 Å². The second kappa shape index (κ2) is 23.1. The smallest absolute Gasteiger partial charge is 0.450 e. The van der Waals surface area contributed by atoms with Gasteiger partial charge in [0.05, 0.1) is 5.41 Å². The molecule has 4 aromatic rings. The fourth-order valence-corrected chi connectivity index (χ4v) is 8.32.